The average molecular weight is 427 g/mol. The highest BCUT2D eigenvalue weighted by Gasteiger charge is 2.35. The average Bonchev–Trinajstić information content (AvgIpc) is 3.14. The third-order valence-electron chi connectivity index (χ3n) is 4.07. The van der Waals surface area contributed by atoms with Crippen LogP contribution < -0.4 is 4.72 Å². The van der Waals surface area contributed by atoms with Crippen LogP contribution in [0.15, 0.2) is 53.5 Å². The van der Waals surface area contributed by atoms with Crippen LogP contribution in [0.25, 0.3) is 11.3 Å². The van der Waals surface area contributed by atoms with Crippen molar-refractivity contribution in [3.05, 3.63) is 59.9 Å². The molecule has 2 N–H and O–H groups in total. The second-order valence-corrected chi connectivity index (χ2v) is 7.83. The van der Waals surface area contributed by atoms with E-state index < -0.39 is 34.4 Å². The van der Waals surface area contributed by atoms with Crippen molar-refractivity contribution in [3.63, 3.8) is 0 Å². The van der Waals surface area contributed by atoms with Crippen molar-refractivity contribution in [2.45, 2.75) is 23.9 Å². The lowest BCUT2D eigenvalue weighted by molar-refractivity contribution is -0.141. The lowest BCUT2D eigenvalue weighted by Gasteiger charge is -2.11. The van der Waals surface area contributed by atoms with Crippen LogP contribution in [0.5, 0.6) is 0 Å². The van der Waals surface area contributed by atoms with Gasteiger partial charge in [-0.2, -0.15) is 18.3 Å². The Bertz CT molecular complexity index is 1080. The van der Waals surface area contributed by atoms with Crippen LogP contribution in [0.4, 0.5) is 13.2 Å². The number of carbonyl (C=O) groups excluding carboxylic acids is 1. The Balaban J connectivity index is 2.02. The molecule has 0 saturated heterocycles. The first kappa shape index (κ1) is 20.8. The number of aliphatic hydroxyl groups is 1. The monoisotopic (exact) mass is 427 g/mol. The summed E-state index contributed by atoms with van der Waals surface area (Å²) in [6.45, 7) is -1.00. The fraction of sp³-hybridized carbons (Fsp3) is 0.222. The summed E-state index contributed by atoms with van der Waals surface area (Å²) in [5.74, 6) is -1.10. The van der Waals surface area contributed by atoms with Gasteiger partial charge in [0.25, 0.3) is 15.9 Å². The van der Waals surface area contributed by atoms with E-state index in [4.69, 9.17) is 5.11 Å². The Labute approximate surface area is 164 Å². The van der Waals surface area contributed by atoms with Crippen molar-refractivity contribution in [1.29, 1.82) is 0 Å². The minimum atomic E-state index is -4.64. The van der Waals surface area contributed by atoms with Crippen molar-refractivity contribution in [2.24, 2.45) is 0 Å². The number of nitrogens with zero attached hydrogens (tertiary/aromatic N) is 2. The van der Waals surface area contributed by atoms with Gasteiger partial charge in [0.05, 0.1) is 16.3 Å². The second kappa shape index (κ2) is 7.84. The third-order valence-corrected chi connectivity index (χ3v) is 5.46. The molecule has 1 aromatic carbocycles. The van der Waals surface area contributed by atoms with Gasteiger partial charge in [-0.1, -0.05) is 18.2 Å². The Morgan fingerprint density at radius 2 is 1.90 bits per heavy atom. The van der Waals surface area contributed by atoms with Gasteiger partial charge in [-0.3, -0.25) is 4.79 Å². The summed E-state index contributed by atoms with van der Waals surface area (Å²) in [5.41, 5.74) is -0.0642. The molecule has 154 valence electrons. The van der Waals surface area contributed by atoms with Crippen molar-refractivity contribution in [2.75, 3.05) is 6.61 Å². The molecule has 7 nitrogen and oxygen atoms in total. The van der Waals surface area contributed by atoms with Crippen LogP contribution in [0.1, 0.15) is 24.2 Å². The summed E-state index contributed by atoms with van der Waals surface area (Å²) in [7, 11) is -4.21. The molecular formula is C18H16F3N3O4S. The molecule has 0 aliphatic heterocycles. The maximum Gasteiger partial charge on any atom is 0.435 e. The highest BCUT2D eigenvalue weighted by atomic mass is 32.2. The largest absolute Gasteiger partial charge is 0.435 e. The normalized spacial score (nSPS) is 14.6. The predicted molar refractivity (Wildman–Crippen MR) is 97.3 cm³/mol. The van der Waals surface area contributed by atoms with Gasteiger partial charge in [0, 0.05) is 0 Å². The first-order valence-corrected chi connectivity index (χ1v) is 9.91. The van der Waals surface area contributed by atoms with Gasteiger partial charge in [-0.25, -0.2) is 17.8 Å². The van der Waals surface area contributed by atoms with Gasteiger partial charge in [0.15, 0.2) is 5.69 Å². The summed E-state index contributed by atoms with van der Waals surface area (Å²) >= 11 is 0. The van der Waals surface area contributed by atoms with Crippen molar-refractivity contribution >= 4 is 21.5 Å². The van der Waals surface area contributed by atoms with E-state index in [1.807, 2.05) is 6.08 Å². The summed E-state index contributed by atoms with van der Waals surface area (Å²) in [6, 6.07) is 5.76. The number of hydrogen-bond acceptors (Lipinski definition) is 5. The molecule has 0 saturated carbocycles. The van der Waals surface area contributed by atoms with Gasteiger partial charge in [-0.05, 0) is 48.7 Å². The van der Waals surface area contributed by atoms with E-state index in [-0.39, 0.29) is 16.3 Å². The molecule has 2 aromatic rings. The molecule has 0 spiro atoms. The Morgan fingerprint density at radius 1 is 1.21 bits per heavy atom. The Kier molecular flexibility index (Phi) is 5.62. The van der Waals surface area contributed by atoms with Crippen LogP contribution in [0.2, 0.25) is 0 Å². The number of aliphatic hydroxyl groups excluding tert-OH is 1. The van der Waals surface area contributed by atoms with Crippen LogP contribution in [-0.4, -0.2) is 35.8 Å². The Morgan fingerprint density at radius 3 is 2.45 bits per heavy atom. The fourth-order valence-corrected chi connectivity index (χ4v) is 3.71. The summed E-state index contributed by atoms with van der Waals surface area (Å²) in [5, 5.41) is 12.3. The molecule has 1 aliphatic rings. The zero-order valence-electron chi connectivity index (χ0n) is 14.8. The maximum absolute atomic E-state index is 13.2. The van der Waals surface area contributed by atoms with Crippen LogP contribution in [0, 0.1) is 0 Å². The molecule has 1 heterocycles. The van der Waals surface area contributed by atoms with Gasteiger partial charge in [0.1, 0.15) is 6.61 Å². The van der Waals surface area contributed by atoms with E-state index in [0.29, 0.717) is 12.0 Å². The maximum atomic E-state index is 13.2. The van der Waals surface area contributed by atoms with Crippen LogP contribution in [-0.2, 0) is 21.0 Å². The molecule has 11 heteroatoms. The van der Waals surface area contributed by atoms with E-state index in [2.05, 4.69) is 5.10 Å². The summed E-state index contributed by atoms with van der Waals surface area (Å²) in [4.78, 5) is 10.8. The first-order chi connectivity index (χ1) is 13.6. The highest BCUT2D eigenvalue weighted by molar-refractivity contribution is 7.90. The molecule has 0 atom stereocenters. The minimum Gasteiger partial charge on any atom is -0.387 e. The standard InChI is InChI=1S/C18H16F3N3O4S/c19-18(20,21)16-10-15(12-4-2-1-3-5-12)24(22-16)13-6-8-14(9-7-13)29(27,28)23-17(26)11-25/h2,4-10,25H,1,3,11H2,(H,23,26). The van der Waals surface area contributed by atoms with Crippen molar-refractivity contribution in [1.82, 2.24) is 14.5 Å². The van der Waals surface area contributed by atoms with Crippen molar-refractivity contribution < 1.29 is 31.5 Å². The molecule has 1 amide bonds. The van der Waals surface area contributed by atoms with Crippen molar-refractivity contribution in [3.8, 4) is 5.69 Å². The number of nitrogens with one attached hydrogen (secondary N) is 1. The van der Waals surface area contributed by atoms with Gasteiger partial charge < -0.3 is 5.11 Å². The fourth-order valence-electron chi connectivity index (χ4n) is 2.73. The van der Waals surface area contributed by atoms with E-state index in [1.54, 1.807) is 16.9 Å². The molecule has 29 heavy (non-hydrogen) atoms. The first-order valence-electron chi connectivity index (χ1n) is 8.43. The molecule has 0 radical (unpaired) electrons. The number of benzene rings is 1. The van der Waals surface area contributed by atoms with E-state index in [1.165, 1.54) is 12.1 Å². The molecule has 1 aromatic heterocycles. The van der Waals surface area contributed by atoms with E-state index >= 15 is 0 Å². The quantitative estimate of drug-likeness (QED) is 0.763. The summed E-state index contributed by atoms with van der Waals surface area (Å²) in [6.07, 6.45) is 2.18. The number of halogens is 3. The number of hydrogen-bond donors (Lipinski definition) is 2. The number of allylic oxidation sites excluding steroid dienone is 4. The SMILES string of the molecule is O=C(CO)NS(=O)(=O)c1ccc(-n2nc(C(F)(F)F)cc2C2=CCCC=C2)cc1. The van der Waals surface area contributed by atoms with Gasteiger partial charge in [0.2, 0.25) is 0 Å². The summed E-state index contributed by atoms with van der Waals surface area (Å²) < 4.78 is 66.4. The molecule has 0 unspecified atom stereocenters. The van der Waals surface area contributed by atoms with Crippen LogP contribution >= 0.6 is 0 Å². The molecule has 3 rings (SSSR count). The predicted octanol–water partition coefficient (Wildman–Crippen LogP) is 2.42. The minimum absolute atomic E-state index is 0.211. The Hall–Kier alpha value is -2.92. The zero-order chi connectivity index (χ0) is 21.2. The topological polar surface area (TPSA) is 101 Å². The molecule has 0 fully saturated rings. The molecule has 0 bridgehead atoms. The zero-order valence-corrected chi connectivity index (χ0v) is 15.7. The number of carbonyl (C=O) groups is 1. The van der Waals surface area contributed by atoms with E-state index in [0.717, 1.165) is 29.3 Å². The lowest BCUT2D eigenvalue weighted by atomic mass is 10.0. The smallest absolute Gasteiger partial charge is 0.387 e. The highest BCUT2D eigenvalue weighted by Crippen LogP contribution is 2.33. The number of alkyl halides is 3. The second-order valence-electron chi connectivity index (χ2n) is 6.14. The van der Waals surface area contributed by atoms with Gasteiger partial charge >= 0.3 is 6.18 Å². The molecule has 1 aliphatic carbocycles. The molecular weight excluding hydrogens is 411 g/mol. The van der Waals surface area contributed by atoms with Gasteiger partial charge in [-0.15, -0.1) is 0 Å². The number of aromatic nitrogens is 2. The third kappa shape index (κ3) is 4.57. The number of rotatable bonds is 5. The van der Waals surface area contributed by atoms with E-state index in [9.17, 15) is 26.4 Å². The number of amides is 1. The van der Waals surface area contributed by atoms with Crippen LogP contribution in [0.3, 0.4) is 0 Å². The lowest BCUT2D eigenvalue weighted by Crippen LogP contribution is -2.32. The number of sulfonamides is 1.